The van der Waals surface area contributed by atoms with Crippen molar-refractivity contribution in [3.63, 3.8) is 0 Å². The molecule has 0 aromatic heterocycles. The van der Waals surface area contributed by atoms with Gasteiger partial charge in [-0.05, 0) is 23.3 Å². The second-order valence-electron chi connectivity index (χ2n) is 4.60. The van der Waals surface area contributed by atoms with E-state index in [4.69, 9.17) is 9.94 Å². The molecule has 6 nitrogen and oxygen atoms in total. The van der Waals surface area contributed by atoms with E-state index in [9.17, 15) is 9.59 Å². The Morgan fingerprint density at radius 1 is 0.955 bits per heavy atom. The highest BCUT2D eigenvalue weighted by molar-refractivity contribution is 5.83. The molecule has 114 valence electrons. The van der Waals surface area contributed by atoms with Crippen LogP contribution in [0.3, 0.4) is 0 Å². The molecule has 0 bridgehead atoms. The molecule has 0 saturated carbocycles. The van der Waals surface area contributed by atoms with E-state index in [2.05, 4.69) is 10.8 Å². The molecule has 0 radical (unpaired) electrons. The number of hydrogen-bond acceptors (Lipinski definition) is 3. The average molecular weight is 300 g/mol. The van der Waals surface area contributed by atoms with Crippen LogP contribution >= 0.6 is 0 Å². The number of amides is 2. The molecule has 0 saturated heterocycles. The number of anilines is 1. The number of rotatable bonds is 6. The van der Waals surface area contributed by atoms with Crippen LogP contribution in [0.15, 0.2) is 54.6 Å². The van der Waals surface area contributed by atoms with E-state index in [1.54, 1.807) is 24.3 Å². The highest BCUT2D eigenvalue weighted by atomic mass is 16.6. The van der Waals surface area contributed by atoms with Crippen molar-refractivity contribution in [1.82, 2.24) is 5.48 Å². The Morgan fingerprint density at radius 2 is 1.64 bits per heavy atom. The van der Waals surface area contributed by atoms with Gasteiger partial charge in [0.25, 0.3) is 0 Å². The normalized spacial score (nSPS) is 10.0. The van der Waals surface area contributed by atoms with Crippen LogP contribution in [-0.2, 0) is 22.7 Å². The fourth-order valence-corrected chi connectivity index (χ4v) is 1.83. The summed E-state index contributed by atoms with van der Waals surface area (Å²) in [4.78, 5) is 27.3. The van der Waals surface area contributed by atoms with Crippen molar-refractivity contribution in [3.8, 4) is 0 Å². The second kappa shape index (κ2) is 7.80. The van der Waals surface area contributed by atoms with Crippen molar-refractivity contribution >= 4 is 17.7 Å². The molecular formula is C16H16N2O4. The minimum atomic E-state index is -1.13. The maximum atomic E-state index is 11.7. The smallest absolute Gasteiger partial charge is 0.409 e. The Kier molecular flexibility index (Phi) is 5.50. The summed E-state index contributed by atoms with van der Waals surface area (Å²) in [5.74, 6) is -0.269. The number of carbonyl (C=O) groups excluding carboxylic acids is 1. The molecule has 0 aliphatic carbocycles. The zero-order chi connectivity index (χ0) is 15.8. The summed E-state index contributed by atoms with van der Waals surface area (Å²) >= 11 is 0. The lowest BCUT2D eigenvalue weighted by atomic mass is 10.1. The van der Waals surface area contributed by atoms with Crippen LogP contribution in [0.4, 0.5) is 10.5 Å². The summed E-state index contributed by atoms with van der Waals surface area (Å²) in [5.41, 5.74) is 4.56. The number of hydrogen-bond donors (Lipinski definition) is 3. The third-order valence-corrected chi connectivity index (χ3v) is 2.84. The van der Waals surface area contributed by atoms with Crippen LogP contribution < -0.4 is 10.8 Å². The van der Waals surface area contributed by atoms with Crippen LogP contribution in [0.5, 0.6) is 0 Å². The molecule has 0 aliphatic rings. The number of carboxylic acid groups (broad SMARTS) is 1. The van der Waals surface area contributed by atoms with E-state index >= 15 is 0 Å². The van der Waals surface area contributed by atoms with Gasteiger partial charge in [-0.2, -0.15) is 0 Å². The van der Waals surface area contributed by atoms with E-state index in [1.807, 2.05) is 30.3 Å². The van der Waals surface area contributed by atoms with Crippen molar-refractivity contribution in [2.45, 2.75) is 13.0 Å². The minimum absolute atomic E-state index is 0.155. The van der Waals surface area contributed by atoms with Crippen molar-refractivity contribution in [1.29, 1.82) is 0 Å². The van der Waals surface area contributed by atoms with Gasteiger partial charge in [0.1, 0.15) is 0 Å². The van der Waals surface area contributed by atoms with Gasteiger partial charge in [-0.15, -0.1) is 0 Å². The molecule has 0 aliphatic heterocycles. The lowest BCUT2D eigenvalue weighted by Gasteiger charge is -2.07. The molecule has 22 heavy (non-hydrogen) atoms. The SMILES string of the molecule is O=C(O)Nc1ccc(CC(=O)NOCc2ccccc2)cc1. The lowest BCUT2D eigenvalue weighted by molar-refractivity contribution is -0.133. The zero-order valence-electron chi connectivity index (χ0n) is 11.8. The van der Waals surface area contributed by atoms with Gasteiger partial charge in [-0.25, -0.2) is 10.3 Å². The summed E-state index contributed by atoms with van der Waals surface area (Å²) in [6.45, 7) is 0.300. The van der Waals surface area contributed by atoms with Crippen LogP contribution in [0, 0.1) is 0 Å². The first kappa shape index (κ1) is 15.5. The standard InChI is InChI=1S/C16H16N2O4/c19-15(18-22-11-13-4-2-1-3-5-13)10-12-6-8-14(9-7-12)17-16(20)21/h1-9,17H,10-11H2,(H,18,19)(H,20,21). The molecule has 0 atom stereocenters. The molecule has 2 aromatic carbocycles. The van der Waals surface area contributed by atoms with Gasteiger partial charge in [0.15, 0.2) is 0 Å². The Balaban J connectivity index is 1.75. The first-order valence-electron chi connectivity index (χ1n) is 6.67. The highest BCUT2D eigenvalue weighted by Gasteiger charge is 2.04. The lowest BCUT2D eigenvalue weighted by Crippen LogP contribution is -2.25. The molecule has 0 spiro atoms. The van der Waals surface area contributed by atoms with Crippen LogP contribution in [0.1, 0.15) is 11.1 Å². The zero-order valence-corrected chi connectivity index (χ0v) is 11.8. The fraction of sp³-hybridized carbons (Fsp3) is 0.125. The van der Waals surface area contributed by atoms with Gasteiger partial charge < -0.3 is 5.11 Å². The summed E-state index contributed by atoms with van der Waals surface area (Å²) < 4.78 is 0. The topological polar surface area (TPSA) is 87.7 Å². The fourth-order valence-electron chi connectivity index (χ4n) is 1.83. The molecule has 0 heterocycles. The van der Waals surface area contributed by atoms with E-state index in [-0.39, 0.29) is 12.3 Å². The summed E-state index contributed by atoms with van der Waals surface area (Å²) in [7, 11) is 0. The van der Waals surface area contributed by atoms with Gasteiger partial charge in [0.2, 0.25) is 5.91 Å². The van der Waals surface area contributed by atoms with E-state index in [1.165, 1.54) is 0 Å². The quantitative estimate of drug-likeness (QED) is 0.715. The summed E-state index contributed by atoms with van der Waals surface area (Å²) in [5, 5.41) is 10.8. The van der Waals surface area contributed by atoms with Gasteiger partial charge in [0.05, 0.1) is 13.0 Å². The predicted octanol–water partition coefficient (Wildman–Crippen LogP) is 2.57. The van der Waals surface area contributed by atoms with Gasteiger partial charge >= 0.3 is 6.09 Å². The number of benzene rings is 2. The van der Waals surface area contributed by atoms with Crippen molar-refractivity contribution < 1.29 is 19.5 Å². The monoisotopic (exact) mass is 300 g/mol. The first-order valence-corrected chi connectivity index (χ1v) is 6.67. The molecule has 0 fully saturated rings. The van der Waals surface area contributed by atoms with Gasteiger partial charge in [-0.3, -0.25) is 14.9 Å². The van der Waals surface area contributed by atoms with E-state index in [0.29, 0.717) is 12.3 Å². The van der Waals surface area contributed by atoms with Gasteiger partial charge in [-0.1, -0.05) is 42.5 Å². The molecule has 2 amide bonds. The van der Waals surface area contributed by atoms with Crippen molar-refractivity contribution in [3.05, 3.63) is 65.7 Å². The number of carbonyl (C=O) groups is 2. The maximum absolute atomic E-state index is 11.7. The van der Waals surface area contributed by atoms with Crippen molar-refractivity contribution in [2.24, 2.45) is 0 Å². The Hall–Kier alpha value is -2.86. The molecule has 3 N–H and O–H groups in total. The minimum Gasteiger partial charge on any atom is -0.465 e. The summed E-state index contributed by atoms with van der Waals surface area (Å²) in [6.07, 6.45) is -0.970. The van der Waals surface area contributed by atoms with E-state index in [0.717, 1.165) is 11.1 Å². The molecule has 0 unspecified atom stereocenters. The maximum Gasteiger partial charge on any atom is 0.409 e. The Bertz CT molecular complexity index is 626. The average Bonchev–Trinajstić information content (AvgIpc) is 2.50. The van der Waals surface area contributed by atoms with Gasteiger partial charge in [0, 0.05) is 5.69 Å². The van der Waals surface area contributed by atoms with Crippen LogP contribution in [-0.4, -0.2) is 17.1 Å². The number of nitrogens with one attached hydrogen (secondary N) is 2. The Morgan fingerprint density at radius 3 is 2.27 bits per heavy atom. The largest absolute Gasteiger partial charge is 0.465 e. The van der Waals surface area contributed by atoms with Crippen molar-refractivity contribution in [2.75, 3.05) is 5.32 Å². The third kappa shape index (κ3) is 5.26. The van der Waals surface area contributed by atoms with Crippen LogP contribution in [0.2, 0.25) is 0 Å². The molecule has 2 aromatic rings. The Labute approximate surface area is 127 Å². The van der Waals surface area contributed by atoms with E-state index < -0.39 is 6.09 Å². The third-order valence-electron chi connectivity index (χ3n) is 2.84. The molecule has 6 heteroatoms. The number of hydroxylamine groups is 1. The molecule has 2 rings (SSSR count). The first-order chi connectivity index (χ1) is 10.6. The predicted molar refractivity (Wildman–Crippen MR) is 81.2 cm³/mol. The summed E-state index contributed by atoms with van der Waals surface area (Å²) in [6, 6.07) is 16.1. The second-order valence-corrected chi connectivity index (χ2v) is 4.60. The molecular weight excluding hydrogens is 284 g/mol. The highest BCUT2D eigenvalue weighted by Crippen LogP contribution is 2.10. The van der Waals surface area contributed by atoms with Crippen LogP contribution in [0.25, 0.3) is 0 Å².